The topological polar surface area (TPSA) is 81.4 Å². The fourth-order valence-corrected chi connectivity index (χ4v) is 4.20. The summed E-state index contributed by atoms with van der Waals surface area (Å²) in [5.74, 6) is 0.844. The number of fused-ring (bicyclic) bond motifs is 1. The maximum Gasteiger partial charge on any atom is 0.160 e. The summed E-state index contributed by atoms with van der Waals surface area (Å²) >= 11 is 0. The summed E-state index contributed by atoms with van der Waals surface area (Å²) in [6.07, 6.45) is 3.83. The lowest BCUT2D eigenvalue weighted by Crippen LogP contribution is -2.25. The van der Waals surface area contributed by atoms with Crippen LogP contribution < -0.4 is 0 Å². The molecule has 0 aromatic carbocycles. The zero-order valence-corrected chi connectivity index (χ0v) is 11.0. The molecule has 0 aliphatic carbocycles. The molecule has 100 valence electrons. The van der Waals surface area contributed by atoms with Crippen molar-refractivity contribution >= 4 is 21.8 Å². The average molecular weight is 279 g/mol. The Labute approximate surface area is 110 Å². The lowest BCUT2D eigenvalue weighted by atomic mass is 10.0. The van der Waals surface area contributed by atoms with Crippen molar-refractivity contribution in [2.75, 3.05) is 11.5 Å². The quantitative estimate of drug-likeness (QED) is 0.761. The van der Waals surface area contributed by atoms with Crippen LogP contribution in [0, 0.1) is 0 Å². The standard InChI is InChI=1S/C12H13N3O3S/c16-7-9-3-4-11-13-14-12(15(11)6-9)10-2-1-5-19(17,18)8-10/h3-4,6-7,10H,1-2,5,8H2. The predicted octanol–water partition coefficient (Wildman–Crippen LogP) is 0.834. The van der Waals surface area contributed by atoms with Crippen LogP contribution in [-0.4, -0.2) is 40.8 Å². The molecular formula is C12H13N3O3S. The van der Waals surface area contributed by atoms with E-state index in [0.29, 0.717) is 23.5 Å². The second-order valence-corrected chi connectivity index (χ2v) is 7.05. The Kier molecular flexibility index (Phi) is 2.85. The second kappa shape index (κ2) is 4.41. The van der Waals surface area contributed by atoms with Crippen LogP contribution in [0.2, 0.25) is 0 Å². The SMILES string of the molecule is O=Cc1ccc2nnc(C3CCCS(=O)(=O)C3)n2c1. The highest BCUT2D eigenvalue weighted by Crippen LogP contribution is 2.27. The highest BCUT2D eigenvalue weighted by atomic mass is 32.2. The zero-order valence-electron chi connectivity index (χ0n) is 10.2. The van der Waals surface area contributed by atoms with Crippen LogP contribution in [-0.2, 0) is 9.84 Å². The molecule has 0 amide bonds. The van der Waals surface area contributed by atoms with Gasteiger partial charge in [0.25, 0.3) is 0 Å². The molecule has 3 rings (SSSR count). The summed E-state index contributed by atoms with van der Waals surface area (Å²) in [5.41, 5.74) is 1.15. The van der Waals surface area contributed by atoms with Crippen LogP contribution in [0.5, 0.6) is 0 Å². The van der Waals surface area contributed by atoms with Gasteiger partial charge in [-0.2, -0.15) is 0 Å². The largest absolute Gasteiger partial charge is 0.298 e. The average Bonchev–Trinajstić information content (AvgIpc) is 2.80. The number of rotatable bonds is 2. The van der Waals surface area contributed by atoms with Crippen LogP contribution in [0.25, 0.3) is 5.65 Å². The molecule has 0 saturated carbocycles. The predicted molar refractivity (Wildman–Crippen MR) is 69.0 cm³/mol. The van der Waals surface area contributed by atoms with Crippen molar-refractivity contribution in [1.82, 2.24) is 14.6 Å². The highest BCUT2D eigenvalue weighted by Gasteiger charge is 2.29. The van der Waals surface area contributed by atoms with E-state index in [9.17, 15) is 13.2 Å². The van der Waals surface area contributed by atoms with Gasteiger partial charge in [-0.1, -0.05) is 0 Å². The van der Waals surface area contributed by atoms with Gasteiger partial charge in [0, 0.05) is 17.7 Å². The zero-order chi connectivity index (χ0) is 13.5. The Balaban J connectivity index is 2.07. The molecule has 2 aromatic rings. The first-order valence-corrected chi connectivity index (χ1v) is 7.91. The molecule has 19 heavy (non-hydrogen) atoms. The number of nitrogens with zero attached hydrogens (tertiary/aromatic N) is 3. The Morgan fingerprint density at radius 1 is 1.32 bits per heavy atom. The first kappa shape index (κ1) is 12.3. The van der Waals surface area contributed by atoms with Gasteiger partial charge in [-0.3, -0.25) is 9.20 Å². The van der Waals surface area contributed by atoms with Crippen LogP contribution >= 0.6 is 0 Å². The minimum atomic E-state index is -2.99. The van der Waals surface area contributed by atoms with Gasteiger partial charge in [-0.15, -0.1) is 10.2 Å². The second-order valence-electron chi connectivity index (χ2n) is 4.82. The Bertz CT molecular complexity index is 736. The van der Waals surface area contributed by atoms with E-state index in [1.807, 2.05) is 0 Å². The minimum absolute atomic E-state index is 0.110. The highest BCUT2D eigenvalue weighted by molar-refractivity contribution is 7.91. The summed E-state index contributed by atoms with van der Waals surface area (Å²) in [5, 5.41) is 8.11. The molecule has 0 radical (unpaired) electrons. The molecule has 2 aromatic heterocycles. The molecule has 1 aliphatic heterocycles. The summed E-state index contributed by atoms with van der Waals surface area (Å²) in [7, 11) is -2.99. The first-order valence-electron chi connectivity index (χ1n) is 6.09. The van der Waals surface area contributed by atoms with Gasteiger partial charge < -0.3 is 0 Å². The number of aldehydes is 1. The van der Waals surface area contributed by atoms with E-state index < -0.39 is 9.84 Å². The van der Waals surface area contributed by atoms with Gasteiger partial charge in [0.05, 0.1) is 11.5 Å². The first-order chi connectivity index (χ1) is 9.09. The van der Waals surface area contributed by atoms with Crippen molar-refractivity contribution in [2.45, 2.75) is 18.8 Å². The van der Waals surface area contributed by atoms with Gasteiger partial charge in [-0.25, -0.2) is 8.42 Å². The number of carbonyl (C=O) groups is 1. The number of pyridine rings is 1. The summed E-state index contributed by atoms with van der Waals surface area (Å²) < 4.78 is 25.1. The lowest BCUT2D eigenvalue weighted by Gasteiger charge is -2.20. The van der Waals surface area contributed by atoms with Gasteiger partial charge in [0.2, 0.25) is 0 Å². The van der Waals surface area contributed by atoms with Crippen LogP contribution in [0.1, 0.15) is 34.9 Å². The molecule has 1 aliphatic rings. The summed E-state index contributed by atoms with van der Waals surface area (Å²) in [4.78, 5) is 10.8. The fraction of sp³-hybridized carbons (Fsp3) is 0.417. The van der Waals surface area contributed by atoms with Crippen molar-refractivity contribution < 1.29 is 13.2 Å². The van der Waals surface area contributed by atoms with E-state index in [4.69, 9.17) is 0 Å². The van der Waals surface area contributed by atoms with Crippen molar-refractivity contribution in [2.24, 2.45) is 0 Å². The molecule has 1 unspecified atom stereocenters. The van der Waals surface area contributed by atoms with E-state index >= 15 is 0 Å². The molecule has 3 heterocycles. The van der Waals surface area contributed by atoms with Gasteiger partial charge in [0.1, 0.15) is 5.82 Å². The Hall–Kier alpha value is -1.76. The molecular weight excluding hydrogens is 266 g/mol. The number of hydrogen-bond donors (Lipinski definition) is 0. The van der Waals surface area contributed by atoms with Gasteiger partial charge >= 0.3 is 0 Å². The molecule has 0 bridgehead atoms. The molecule has 1 fully saturated rings. The molecule has 1 atom stereocenters. The maximum absolute atomic E-state index is 11.7. The minimum Gasteiger partial charge on any atom is -0.298 e. The normalized spacial score (nSPS) is 22.4. The molecule has 6 nitrogen and oxygen atoms in total. The summed E-state index contributed by atoms with van der Waals surface area (Å²) in [6.45, 7) is 0. The fourth-order valence-electron chi connectivity index (χ4n) is 2.50. The molecule has 0 spiro atoms. The number of sulfone groups is 1. The van der Waals surface area contributed by atoms with Crippen molar-refractivity contribution in [3.8, 4) is 0 Å². The Morgan fingerprint density at radius 2 is 2.16 bits per heavy atom. The third kappa shape index (κ3) is 2.25. The van der Waals surface area contributed by atoms with E-state index in [0.717, 1.165) is 12.7 Å². The molecule has 1 saturated heterocycles. The van der Waals surface area contributed by atoms with Crippen LogP contribution in [0.4, 0.5) is 0 Å². The van der Waals surface area contributed by atoms with Gasteiger partial charge in [-0.05, 0) is 25.0 Å². The van der Waals surface area contributed by atoms with Crippen LogP contribution in [0.3, 0.4) is 0 Å². The van der Waals surface area contributed by atoms with E-state index in [2.05, 4.69) is 10.2 Å². The Morgan fingerprint density at radius 3 is 2.89 bits per heavy atom. The van der Waals surface area contributed by atoms with E-state index in [1.165, 1.54) is 0 Å². The van der Waals surface area contributed by atoms with Crippen molar-refractivity contribution in [3.05, 3.63) is 29.7 Å². The smallest absolute Gasteiger partial charge is 0.160 e. The van der Waals surface area contributed by atoms with E-state index in [-0.39, 0.29) is 17.4 Å². The van der Waals surface area contributed by atoms with E-state index in [1.54, 1.807) is 22.7 Å². The third-order valence-corrected chi connectivity index (χ3v) is 5.24. The maximum atomic E-state index is 11.7. The lowest BCUT2D eigenvalue weighted by molar-refractivity contribution is 0.112. The molecule has 7 heteroatoms. The molecule has 0 N–H and O–H groups in total. The summed E-state index contributed by atoms with van der Waals surface area (Å²) in [6, 6.07) is 3.37. The third-order valence-electron chi connectivity index (χ3n) is 3.42. The van der Waals surface area contributed by atoms with Crippen molar-refractivity contribution in [3.63, 3.8) is 0 Å². The number of carbonyl (C=O) groups excluding carboxylic acids is 1. The monoisotopic (exact) mass is 279 g/mol. The number of hydrogen-bond acceptors (Lipinski definition) is 5. The van der Waals surface area contributed by atoms with Gasteiger partial charge in [0.15, 0.2) is 21.8 Å². The number of aromatic nitrogens is 3. The van der Waals surface area contributed by atoms with Crippen LogP contribution in [0.15, 0.2) is 18.3 Å². The van der Waals surface area contributed by atoms with Crippen molar-refractivity contribution in [1.29, 1.82) is 0 Å².